The van der Waals surface area contributed by atoms with E-state index in [-0.39, 0.29) is 17.2 Å². The number of hydrogen-bond acceptors (Lipinski definition) is 5. The molecule has 0 bridgehead atoms. The van der Waals surface area contributed by atoms with Crippen LogP contribution in [-0.2, 0) is 4.79 Å². The number of para-hydroxylation sites is 1. The number of amides is 1. The average molecular weight is 363 g/mol. The Morgan fingerprint density at radius 1 is 1.33 bits per heavy atom. The minimum atomic E-state index is -0.303. The lowest BCUT2D eigenvalue weighted by Crippen LogP contribution is -2.31. The van der Waals surface area contributed by atoms with Crippen LogP contribution in [0.3, 0.4) is 0 Å². The highest BCUT2D eigenvalue weighted by atomic mass is 35.5. The molecule has 1 saturated heterocycles. The number of methoxy groups -OCH3 is 1. The first-order chi connectivity index (χ1) is 11.6. The molecule has 1 aliphatic heterocycles. The third-order valence-electron chi connectivity index (χ3n) is 3.39. The standard InChI is InChI=1S/C17H15ClN2O3S/c1-23-14-8-10(6-7-13(14)21)9-15-16(22)20-17(24-15)19-12-5-3-2-4-11(12)18/h2-9,17,19,21H,1H3,(H,20,22)/b15-9-. The molecule has 0 aromatic heterocycles. The Morgan fingerprint density at radius 3 is 2.88 bits per heavy atom. The lowest BCUT2D eigenvalue weighted by molar-refractivity contribution is -0.116. The van der Waals surface area contributed by atoms with Gasteiger partial charge in [0.1, 0.15) is 0 Å². The van der Waals surface area contributed by atoms with Gasteiger partial charge in [-0.1, -0.05) is 41.6 Å². The van der Waals surface area contributed by atoms with Crippen LogP contribution >= 0.6 is 23.4 Å². The average Bonchev–Trinajstić information content (AvgIpc) is 2.91. The Morgan fingerprint density at radius 2 is 2.12 bits per heavy atom. The van der Waals surface area contributed by atoms with Gasteiger partial charge >= 0.3 is 0 Å². The molecule has 2 aromatic carbocycles. The van der Waals surface area contributed by atoms with Crippen LogP contribution in [0.15, 0.2) is 47.4 Å². The van der Waals surface area contributed by atoms with Gasteiger partial charge in [-0.15, -0.1) is 0 Å². The summed E-state index contributed by atoms with van der Waals surface area (Å²) in [7, 11) is 1.48. The van der Waals surface area contributed by atoms with Crippen LogP contribution in [0.25, 0.3) is 6.08 Å². The van der Waals surface area contributed by atoms with E-state index in [1.54, 1.807) is 24.3 Å². The van der Waals surface area contributed by atoms with Gasteiger partial charge in [0.15, 0.2) is 17.0 Å². The van der Waals surface area contributed by atoms with E-state index in [1.165, 1.54) is 24.9 Å². The summed E-state index contributed by atoms with van der Waals surface area (Å²) < 4.78 is 5.08. The predicted molar refractivity (Wildman–Crippen MR) is 97.2 cm³/mol. The number of thioether (sulfide) groups is 1. The molecule has 1 unspecified atom stereocenters. The molecule has 1 amide bonds. The molecular formula is C17H15ClN2O3S. The van der Waals surface area contributed by atoms with E-state index in [0.29, 0.717) is 15.7 Å². The summed E-state index contributed by atoms with van der Waals surface area (Å²) in [5.74, 6) is 0.247. The zero-order valence-corrected chi connectivity index (χ0v) is 14.3. The van der Waals surface area contributed by atoms with E-state index >= 15 is 0 Å². The smallest absolute Gasteiger partial charge is 0.260 e. The highest BCUT2D eigenvalue weighted by Crippen LogP contribution is 2.33. The zero-order valence-electron chi connectivity index (χ0n) is 12.7. The Kier molecular flexibility index (Phi) is 4.87. The first-order valence-electron chi connectivity index (χ1n) is 7.14. The van der Waals surface area contributed by atoms with Gasteiger partial charge < -0.3 is 20.5 Å². The van der Waals surface area contributed by atoms with E-state index < -0.39 is 0 Å². The molecule has 2 aromatic rings. The quantitative estimate of drug-likeness (QED) is 0.724. The number of anilines is 1. The largest absolute Gasteiger partial charge is 0.504 e. The topological polar surface area (TPSA) is 70.6 Å². The molecule has 24 heavy (non-hydrogen) atoms. The molecule has 3 N–H and O–H groups in total. The van der Waals surface area contributed by atoms with Crippen molar-refractivity contribution in [2.45, 2.75) is 5.50 Å². The molecular weight excluding hydrogens is 348 g/mol. The van der Waals surface area contributed by atoms with Crippen molar-refractivity contribution in [2.24, 2.45) is 0 Å². The lowest BCUT2D eigenvalue weighted by Gasteiger charge is -2.13. The second kappa shape index (κ2) is 7.07. The summed E-state index contributed by atoms with van der Waals surface area (Å²) in [5, 5.41) is 16.2. The number of nitrogens with one attached hydrogen (secondary N) is 2. The van der Waals surface area contributed by atoms with Gasteiger partial charge in [0.25, 0.3) is 5.91 Å². The number of carbonyl (C=O) groups excluding carboxylic acids is 1. The van der Waals surface area contributed by atoms with Gasteiger partial charge in [0.05, 0.1) is 22.7 Å². The van der Waals surface area contributed by atoms with Crippen LogP contribution in [0.2, 0.25) is 5.02 Å². The maximum absolute atomic E-state index is 12.1. The minimum absolute atomic E-state index is 0.0569. The third-order valence-corrected chi connectivity index (χ3v) is 4.75. The summed E-state index contributed by atoms with van der Waals surface area (Å²) in [5.41, 5.74) is 1.22. The van der Waals surface area contributed by atoms with Crippen LogP contribution in [-0.4, -0.2) is 23.6 Å². The summed E-state index contributed by atoms with van der Waals surface area (Å²) in [6.07, 6.45) is 1.75. The first-order valence-corrected chi connectivity index (χ1v) is 8.40. The molecule has 3 rings (SSSR count). The molecule has 1 fully saturated rings. The van der Waals surface area contributed by atoms with Crippen LogP contribution in [0.5, 0.6) is 11.5 Å². The Hall–Kier alpha value is -2.31. The van der Waals surface area contributed by atoms with Gasteiger partial charge in [0.2, 0.25) is 0 Å². The third kappa shape index (κ3) is 3.60. The molecule has 1 aliphatic rings. The maximum Gasteiger partial charge on any atom is 0.260 e. The van der Waals surface area contributed by atoms with Crippen LogP contribution in [0.1, 0.15) is 5.56 Å². The second-order valence-corrected chi connectivity index (χ2v) is 6.59. The molecule has 1 heterocycles. The fourth-order valence-corrected chi connectivity index (χ4v) is 3.39. The number of phenolic OH excluding ortho intramolecular Hbond substituents is 1. The fraction of sp³-hybridized carbons (Fsp3) is 0.118. The van der Waals surface area contributed by atoms with Crippen molar-refractivity contribution >= 4 is 41.0 Å². The maximum atomic E-state index is 12.1. The first kappa shape index (κ1) is 16.5. The van der Waals surface area contributed by atoms with Gasteiger partial charge in [-0.25, -0.2) is 0 Å². The molecule has 0 saturated carbocycles. The molecule has 0 spiro atoms. The zero-order chi connectivity index (χ0) is 17.1. The molecule has 1 atom stereocenters. The summed E-state index contributed by atoms with van der Waals surface area (Å²) in [6, 6.07) is 12.3. The second-order valence-electron chi connectivity index (χ2n) is 5.04. The number of hydrogen-bond donors (Lipinski definition) is 3. The number of phenols is 1. The van der Waals surface area contributed by atoms with Crippen molar-refractivity contribution in [1.29, 1.82) is 0 Å². The monoisotopic (exact) mass is 362 g/mol. The van der Waals surface area contributed by atoms with Crippen LogP contribution in [0.4, 0.5) is 5.69 Å². The Bertz CT molecular complexity index is 810. The molecule has 7 heteroatoms. The normalized spacial score (nSPS) is 18.5. The van der Waals surface area contributed by atoms with Gasteiger partial charge in [-0.3, -0.25) is 4.79 Å². The van der Waals surface area contributed by atoms with Gasteiger partial charge in [-0.05, 0) is 35.9 Å². The number of aromatic hydroxyl groups is 1. The molecule has 124 valence electrons. The number of ether oxygens (including phenoxy) is 1. The van der Waals surface area contributed by atoms with E-state index in [9.17, 15) is 9.90 Å². The summed E-state index contributed by atoms with van der Waals surface area (Å²) in [4.78, 5) is 12.7. The summed E-state index contributed by atoms with van der Waals surface area (Å²) in [6.45, 7) is 0. The molecule has 5 nitrogen and oxygen atoms in total. The van der Waals surface area contributed by atoms with Crippen molar-refractivity contribution in [3.63, 3.8) is 0 Å². The SMILES string of the molecule is COc1cc(/C=C2\SC(Nc3ccccc3Cl)NC2=O)ccc1O. The van der Waals surface area contributed by atoms with E-state index in [0.717, 1.165) is 11.3 Å². The van der Waals surface area contributed by atoms with Crippen molar-refractivity contribution < 1.29 is 14.6 Å². The fourth-order valence-electron chi connectivity index (χ4n) is 2.22. The van der Waals surface area contributed by atoms with Crippen molar-refractivity contribution in [3.05, 3.63) is 58.0 Å². The Balaban J connectivity index is 1.76. The van der Waals surface area contributed by atoms with Crippen LogP contribution < -0.4 is 15.4 Å². The van der Waals surface area contributed by atoms with Gasteiger partial charge in [-0.2, -0.15) is 0 Å². The van der Waals surface area contributed by atoms with Gasteiger partial charge in [0, 0.05) is 0 Å². The number of carbonyl (C=O) groups is 1. The van der Waals surface area contributed by atoms with Crippen LogP contribution in [0, 0.1) is 0 Å². The molecule has 0 radical (unpaired) electrons. The lowest BCUT2D eigenvalue weighted by atomic mass is 10.2. The highest BCUT2D eigenvalue weighted by Gasteiger charge is 2.27. The van der Waals surface area contributed by atoms with E-state index in [4.69, 9.17) is 16.3 Å². The van der Waals surface area contributed by atoms with Crippen molar-refractivity contribution in [3.8, 4) is 11.5 Å². The van der Waals surface area contributed by atoms with Crippen molar-refractivity contribution in [1.82, 2.24) is 5.32 Å². The van der Waals surface area contributed by atoms with E-state index in [2.05, 4.69) is 10.6 Å². The number of halogens is 1. The Labute approximate surface area is 148 Å². The predicted octanol–water partition coefficient (Wildman–Crippen LogP) is 3.65. The summed E-state index contributed by atoms with van der Waals surface area (Å²) >= 11 is 7.48. The number of rotatable bonds is 4. The van der Waals surface area contributed by atoms with Crippen molar-refractivity contribution in [2.75, 3.05) is 12.4 Å². The molecule has 0 aliphatic carbocycles. The number of benzene rings is 2. The minimum Gasteiger partial charge on any atom is -0.504 e. The highest BCUT2D eigenvalue weighted by molar-refractivity contribution is 8.05. The van der Waals surface area contributed by atoms with E-state index in [1.807, 2.05) is 18.2 Å².